The number of carbonyl (C=O) groups is 2. The van der Waals surface area contributed by atoms with E-state index in [-0.39, 0.29) is 24.9 Å². The molecular formula is C21H28F3N3O3. The number of hydrogen-bond acceptors (Lipinski definition) is 5. The van der Waals surface area contributed by atoms with Crippen LogP contribution in [0.3, 0.4) is 0 Å². The number of nitrogens with one attached hydrogen (secondary N) is 1. The quantitative estimate of drug-likeness (QED) is 0.726. The Kier molecular flexibility index (Phi) is 6.88. The van der Waals surface area contributed by atoms with Crippen molar-refractivity contribution in [1.82, 2.24) is 10.3 Å². The van der Waals surface area contributed by atoms with Gasteiger partial charge in [-0.3, -0.25) is 4.79 Å². The van der Waals surface area contributed by atoms with Crippen molar-refractivity contribution in [2.24, 2.45) is 5.92 Å². The molecule has 1 saturated carbocycles. The van der Waals surface area contributed by atoms with Gasteiger partial charge in [-0.15, -0.1) is 0 Å². The van der Waals surface area contributed by atoms with E-state index in [0.717, 1.165) is 25.3 Å². The molecule has 1 aromatic rings. The average Bonchev–Trinajstić information content (AvgIpc) is 2.74. The fraction of sp³-hybridized carbons (Fsp3) is 0.667. The van der Waals surface area contributed by atoms with E-state index in [9.17, 15) is 22.8 Å². The van der Waals surface area contributed by atoms with Crippen molar-refractivity contribution >= 4 is 17.7 Å². The second kappa shape index (κ2) is 9.22. The van der Waals surface area contributed by atoms with Crippen LogP contribution in [-0.4, -0.2) is 42.1 Å². The number of carbonyl (C=O) groups excluding carboxylic acids is 2. The summed E-state index contributed by atoms with van der Waals surface area (Å²) in [5, 5.41) is 2.92. The Morgan fingerprint density at radius 1 is 1.27 bits per heavy atom. The molecule has 3 rings (SSSR count). The van der Waals surface area contributed by atoms with E-state index in [0.29, 0.717) is 32.2 Å². The SMILES string of the molecule is CCOC(=O)C1(NC(=O)C2CCCN(c3ncccc3C(F)(F)F)C2)CCCCC1. The molecule has 1 amide bonds. The van der Waals surface area contributed by atoms with Gasteiger partial charge in [-0.25, -0.2) is 9.78 Å². The first-order chi connectivity index (χ1) is 14.3. The van der Waals surface area contributed by atoms with Crippen molar-refractivity contribution in [3.05, 3.63) is 23.9 Å². The van der Waals surface area contributed by atoms with Crippen LogP contribution in [0.2, 0.25) is 0 Å². The third-order valence-electron chi connectivity index (χ3n) is 5.92. The van der Waals surface area contributed by atoms with E-state index in [1.165, 1.54) is 17.2 Å². The summed E-state index contributed by atoms with van der Waals surface area (Å²) < 4.78 is 45.4. The van der Waals surface area contributed by atoms with Crippen molar-refractivity contribution in [1.29, 1.82) is 0 Å². The average molecular weight is 427 g/mol. The number of esters is 1. The van der Waals surface area contributed by atoms with Gasteiger partial charge < -0.3 is 15.0 Å². The molecule has 2 fully saturated rings. The molecule has 1 aliphatic carbocycles. The molecule has 0 spiro atoms. The summed E-state index contributed by atoms with van der Waals surface area (Å²) in [6, 6.07) is 2.26. The smallest absolute Gasteiger partial charge is 0.419 e. The minimum atomic E-state index is -4.52. The van der Waals surface area contributed by atoms with Gasteiger partial charge in [0, 0.05) is 19.3 Å². The van der Waals surface area contributed by atoms with E-state index in [2.05, 4.69) is 10.3 Å². The maximum Gasteiger partial charge on any atom is 0.419 e. The first-order valence-corrected chi connectivity index (χ1v) is 10.5. The molecule has 166 valence electrons. The van der Waals surface area contributed by atoms with E-state index < -0.39 is 29.2 Å². The molecule has 1 unspecified atom stereocenters. The van der Waals surface area contributed by atoms with Crippen molar-refractivity contribution in [3.8, 4) is 0 Å². The number of halogens is 3. The topological polar surface area (TPSA) is 71.5 Å². The van der Waals surface area contributed by atoms with Crippen LogP contribution in [0.15, 0.2) is 18.3 Å². The van der Waals surface area contributed by atoms with Gasteiger partial charge in [0.25, 0.3) is 0 Å². The summed E-state index contributed by atoms with van der Waals surface area (Å²) in [6.45, 7) is 2.48. The van der Waals surface area contributed by atoms with Crippen LogP contribution in [-0.2, 0) is 20.5 Å². The maximum atomic E-state index is 13.4. The van der Waals surface area contributed by atoms with Gasteiger partial charge in [-0.2, -0.15) is 13.2 Å². The summed E-state index contributed by atoms with van der Waals surface area (Å²) >= 11 is 0. The molecule has 1 N–H and O–H groups in total. The first kappa shape index (κ1) is 22.4. The molecule has 6 nitrogen and oxygen atoms in total. The highest BCUT2D eigenvalue weighted by Crippen LogP contribution is 2.37. The van der Waals surface area contributed by atoms with Gasteiger partial charge in [0.05, 0.1) is 18.1 Å². The number of piperidine rings is 1. The predicted octanol–water partition coefficient (Wildman–Crippen LogP) is 3.70. The Morgan fingerprint density at radius 3 is 2.67 bits per heavy atom. The Labute approximate surface area is 174 Å². The van der Waals surface area contributed by atoms with Gasteiger partial charge in [0.1, 0.15) is 11.4 Å². The number of nitrogens with zero attached hydrogens (tertiary/aromatic N) is 2. The second-order valence-corrected chi connectivity index (χ2v) is 8.01. The summed E-state index contributed by atoms with van der Waals surface area (Å²) in [5.41, 5.74) is -1.84. The Hall–Kier alpha value is -2.32. The summed E-state index contributed by atoms with van der Waals surface area (Å²) in [7, 11) is 0. The van der Waals surface area contributed by atoms with Crippen LogP contribution in [0, 0.1) is 5.92 Å². The molecule has 0 bridgehead atoms. The molecule has 0 radical (unpaired) electrons. The largest absolute Gasteiger partial charge is 0.464 e. The predicted molar refractivity (Wildman–Crippen MR) is 105 cm³/mol. The highest BCUT2D eigenvalue weighted by molar-refractivity contribution is 5.89. The highest BCUT2D eigenvalue weighted by atomic mass is 19.4. The van der Waals surface area contributed by atoms with Crippen LogP contribution in [0.5, 0.6) is 0 Å². The molecule has 1 saturated heterocycles. The first-order valence-electron chi connectivity index (χ1n) is 10.5. The number of rotatable bonds is 5. The summed E-state index contributed by atoms with van der Waals surface area (Å²) in [4.78, 5) is 31.1. The molecule has 2 aliphatic rings. The standard InChI is InChI=1S/C21H28F3N3O3/c1-2-30-19(29)20(10-4-3-5-11-20)26-18(28)15-8-7-13-27(14-15)17-16(21(22,23)24)9-6-12-25-17/h6,9,12,15H,2-5,7-8,10-11,13-14H2,1H3,(H,26,28). The van der Waals surface area contributed by atoms with Gasteiger partial charge in [-0.1, -0.05) is 19.3 Å². The maximum absolute atomic E-state index is 13.4. The van der Waals surface area contributed by atoms with E-state index in [1.807, 2.05) is 0 Å². The number of ether oxygens (including phenoxy) is 1. The zero-order valence-electron chi connectivity index (χ0n) is 17.1. The second-order valence-electron chi connectivity index (χ2n) is 8.01. The molecule has 0 aromatic carbocycles. The lowest BCUT2D eigenvalue weighted by atomic mass is 9.81. The normalized spacial score (nSPS) is 21.7. The van der Waals surface area contributed by atoms with Gasteiger partial charge in [0.2, 0.25) is 5.91 Å². The lowest BCUT2D eigenvalue weighted by molar-refractivity contribution is -0.155. The van der Waals surface area contributed by atoms with Crippen molar-refractivity contribution < 1.29 is 27.5 Å². The lowest BCUT2D eigenvalue weighted by Gasteiger charge is -2.39. The molecule has 1 aliphatic heterocycles. The van der Waals surface area contributed by atoms with Crippen molar-refractivity contribution in [2.45, 2.75) is 63.6 Å². The summed E-state index contributed by atoms with van der Waals surface area (Å²) in [5.74, 6) is -1.40. The van der Waals surface area contributed by atoms with Crippen LogP contribution in [0.1, 0.15) is 57.4 Å². The van der Waals surface area contributed by atoms with Crippen LogP contribution in [0.4, 0.5) is 19.0 Å². The van der Waals surface area contributed by atoms with Gasteiger partial charge in [-0.05, 0) is 44.7 Å². The number of alkyl halides is 3. The number of hydrogen-bond donors (Lipinski definition) is 1. The minimum Gasteiger partial charge on any atom is -0.464 e. The highest BCUT2D eigenvalue weighted by Gasteiger charge is 2.44. The van der Waals surface area contributed by atoms with Gasteiger partial charge >= 0.3 is 12.1 Å². The number of aromatic nitrogens is 1. The van der Waals surface area contributed by atoms with E-state index in [1.54, 1.807) is 6.92 Å². The van der Waals surface area contributed by atoms with Crippen LogP contribution >= 0.6 is 0 Å². The third-order valence-corrected chi connectivity index (χ3v) is 5.92. The van der Waals surface area contributed by atoms with Crippen molar-refractivity contribution in [3.63, 3.8) is 0 Å². The number of amides is 1. The van der Waals surface area contributed by atoms with Crippen LogP contribution < -0.4 is 10.2 Å². The molecular weight excluding hydrogens is 399 g/mol. The van der Waals surface area contributed by atoms with Gasteiger partial charge in [0.15, 0.2) is 0 Å². The van der Waals surface area contributed by atoms with Crippen LogP contribution in [0.25, 0.3) is 0 Å². The molecule has 9 heteroatoms. The van der Waals surface area contributed by atoms with E-state index in [4.69, 9.17) is 4.74 Å². The van der Waals surface area contributed by atoms with Crippen molar-refractivity contribution in [2.75, 3.05) is 24.6 Å². The Morgan fingerprint density at radius 2 is 2.00 bits per heavy atom. The number of pyridine rings is 1. The number of anilines is 1. The van der Waals surface area contributed by atoms with E-state index >= 15 is 0 Å². The lowest BCUT2D eigenvalue weighted by Crippen LogP contribution is -2.58. The zero-order chi connectivity index (χ0) is 21.8. The fourth-order valence-corrected chi connectivity index (χ4v) is 4.40. The minimum absolute atomic E-state index is 0.130. The summed E-state index contributed by atoms with van der Waals surface area (Å²) in [6.07, 6.45) is 1.60. The molecule has 1 atom stereocenters. The zero-order valence-corrected chi connectivity index (χ0v) is 17.1. The third kappa shape index (κ3) is 4.87. The molecule has 2 heterocycles. The fourth-order valence-electron chi connectivity index (χ4n) is 4.40. The Balaban J connectivity index is 1.75. The monoisotopic (exact) mass is 427 g/mol. The molecule has 30 heavy (non-hydrogen) atoms. The Bertz CT molecular complexity index is 763. The molecule has 1 aromatic heterocycles.